The molecule has 0 fully saturated rings. The first-order chi connectivity index (χ1) is 10.8. The second-order valence-corrected chi connectivity index (χ2v) is 6.55. The number of fused-ring (bicyclic) bond motifs is 1. The molecule has 0 atom stereocenters. The van der Waals surface area contributed by atoms with Crippen LogP contribution in [0.1, 0.15) is 5.56 Å². The van der Waals surface area contributed by atoms with Crippen LogP contribution in [0.3, 0.4) is 0 Å². The van der Waals surface area contributed by atoms with Crippen LogP contribution < -0.4 is 10.0 Å². The highest BCUT2D eigenvalue weighted by Gasteiger charge is 2.23. The second kappa shape index (κ2) is 5.27. The van der Waals surface area contributed by atoms with E-state index in [1.807, 2.05) is 4.72 Å². The van der Waals surface area contributed by atoms with Crippen molar-refractivity contribution in [1.82, 2.24) is 0 Å². The predicted molar refractivity (Wildman–Crippen MR) is 75.9 cm³/mol. The molecule has 0 aliphatic carbocycles. The fraction of sp³-hybridized carbons (Fsp3) is 0.0714. The molecule has 0 saturated heterocycles. The van der Waals surface area contributed by atoms with Crippen molar-refractivity contribution in [2.24, 2.45) is 0 Å². The van der Waals surface area contributed by atoms with E-state index >= 15 is 0 Å². The number of anilines is 2. The van der Waals surface area contributed by atoms with Gasteiger partial charge in [-0.1, -0.05) is 0 Å². The third kappa shape index (κ3) is 2.74. The molecule has 2 N–H and O–H groups in total. The van der Waals surface area contributed by atoms with E-state index in [4.69, 9.17) is 0 Å². The predicted octanol–water partition coefficient (Wildman–Crippen LogP) is 2.40. The summed E-state index contributed by atoms with van der Waals surface area (Å²) < 4.78 is 65.9. The van der Waals surface area contributed by atoms with Crippen LogP contribution in [0.4, 0.5) is 24.5 Å². The molecule has 0 saturated carbocycles. The average molecular weight is 342 g/mol. The number of hydrogen-bond donors (Lipinski definition) is 2. The van der Waals surface area contributed by atoms with Crippen LogP contribution in [0.15, 0.2) is 35.2 Å². The maximum Gasteiger partial charge on any atom is 0.262 e. The Bertz CT molecular complexity index is 929. The molecule has 0 radical (unpaired) electrons. The lowest BCUT2D eigenvalue weighted by molar-refractivity contribution is -0.115. The van der Waals surface area contributed by atoms with Crippen molar-refractivity contribution in [3.63, 3.8) is 0 Å². The van der Waals surface area contributed by atoms with Crippen LogP contribution in [-0.4, -0.2) is 14.3 Å². The van der Waals surface area contributed by atoms with Gasteiger partial charge in [-0.3, -0.25) is 9.52 Å². The van der Waals surface area contributed by atoms with Gasteiger partial charge >= 0.3 is 0 Å². The average Bonchev–Trinajstić information content (AvgIpc) is 2.87. The Balaban J connectivity index is 1.96. The van der Waals surface area contributed by atoms with Gasteiger partial charge in [0.15, 0.2) is 17.5 Å². The summed E-state index contributed by atoms with van der Waals surface area (Å²) in [6, 6.07) is 5.26. The number of halogens is 3. The van der Waals surface area contributed by atoms with Gasteiger partial charge in [0, 0.05) is 5.69 Å². The van der Waals surface area contributed by atoms with Gasteiger partial charge in [0.2, 0.25) is 5.91 Å². The molecule has 2 aromatic carbocycles. The molecule has 120 valence electrons. The van der Waals surface area contributed by atoms with E-state index < -0.39 is 33.2 Å². The molecule has 1 aliphatic rings. The Morgan fingerprint density at radius 1 is 1.04 bits per heavy atom. The zero-order valence-corrected chi connectivity index (χ0v) is 12.2. The van der Waals surface area contributed by atoms with E-state index in [1.54, 1.807) is 0 Å². The van der Waals surface area contributed by atoms with Crippen molar-refractivity contribution in [1.29, 1.82) is 0 Å². The molecule has 0 aromatic heterocycles. The maximum atomic E-state index is 13.6. The zero-order valence-electron chi connectivity index (χ0n) is 11.4. The van der Waals surface area contributed by atoms with E-state index in [9.17, 15) is 26.4 Å². The van der Waals surface area contributed by atoms with Gasteiger partial charge in [-0.2, -0.15) is 0 Å². The number of nitrogens with one attached hydrogen (secondary N) is 2. The zero-order chi connectivity index (χ0) is 16.8. The Morgan fingerprint density at radius 2 is 1.78 bits per heavy atom. The largest absolute Gasteiger partial charge is 0.326 e. The highest BCUT2D eigenvalue weighted by Crippen LogP contribution is 2.28. The first kappa shape index (κ1) is 15.3. The van der Waals surface area contributed by atoms with Crippen molar-refractivity contribution >= 4 is 27.3 Å². The Morgan fingerprint density at radius 3 is 2.52 bits per heavy atom. The molecule has 9 heteroatoms. The second-order valence-electron chi connectivity index (χ2n) is 4.87. The Labute approximate surface area is 129 Å². The topological polar surface area (TPSA) is 75.3 Å². The van der Waals surface area contributed by atoms with E-state index in [0.717, 1.165) is 6.07 Å². The summed E-state index contributed by atoms with van der Waals surface area (Å²) in [6.07, 6.45) is 0.0260. The molecule has 0 unspecified atom stereocenters. The number of carbonyl (C=O) groups excluding carboxylic acids is 1. The van der Waals surface area contributed by atoms with E-state index in [0.29, 0.717) is 17.3 Å². The Kier molecular flexibility index (Phi) is 3.52. The summed E-state index contributed by atoms with van der Waals surface area (Å²) in [6.45, 7) is 0. The van der Waals surface area contributed by atoms with Gasteiger partial charge in [-0.15, -0.1) is 0 Å². The van der Waals surface area contributed by atoms with Gasteiger partial charge in [0.1, 0.15) is 0 Å². The summed E-state index contributed by atoms with van der Waals surface area (Å²) in [5.41, 5.74) is 0.259. The molecular weight excluding hydrogens is 333 g/mol. The summed E-state index contributed by atoms with van der Waals surface area (Å²) in [5, 5.41) is 2.54. The normalized spacial score (nSPS) is 13.6. The van der Waals surface area contributed by atoms with Gasteiger partial charge < -0.3 is 5.32 Å². The molecule has 3 rings (SSSR count). The SMILES string of the molecule is O=C1Cc2cc(S(=O)(=O)Nc3ccc(F)c(F)c3F)ccc2N1. The minimum Gasteiger partial charge on any atom is -0.326 e. The fourth-order valence-corrected chi connectivity index (χ4v) is 3.29. The summed E-state index contributed by atoms with van der Waals surface area (Å²) >= 11 is 0. The van der Waals surface area contributed by atoms with Crippen LogP contribution in [0.25, 0.3) is 0 Å². The van der Waals surface area contributed by atoms with Crippen molar-refractivity contribution in [3.05, 3.63) is 53.3 Å². The highest BCUT2D eigenvalue weighted by atomic mass is 32.2. The lowest BCUT2D eigenvalue weighted by Gasteiger charge is -2.10. The Hall–Kier alpha value is -2.55. The molecular formula is C14H9F3N2O3S. The lowest BCUT2D eigenvalue weighted by Crippen LogP contribution is -2.15. The number of carbonyl (C=O) groups is 1. The van der Waals surface area contributed by atoms with E-state index in [1.165, 1.54) is 18.2 Å². The van der Waals surface area contributed by atoms with Crippen molar-refractivity contribution < 1.29 is 26.4 Å². The first-order valence-electron chi connectivity index (χ1n) is 6.37. The number of sulfonamides is 1. The van der Waals surface area contributed by atoms with Crippen molar-refractivity contribution in [2.75, 3.05) is 10.0 Å². The van der Waals surface area contributed by atoms with Crippen molar-refractivity contribution in [3.8, 4) is 0 Å². The van der Waals surface area contributed by atoms with Crippen LogP contribution in [-0.2, 0) is 21.2 Å². The third-order valence-corrected chi connectivity index (χ3v) is 4.65. The summed E-state index contributed by atoms with van der Waals surface area (Å²) in [7, 11) is -4.22. The molecule has 1 amide bonds. The molecule has 5 nitrogen and oxygen atoms in total. The van der Waals surface area contributed by atoms with Gasteiger partial charge in [-0.25, -0.2) is 21.6 Å². The molecule has 2 aromatic rings. The quantitative estimate of drug-likeness (QED) is 0.841. The van der Waals surface area contributed by atoms with E-state index in [2.05, 4.69) is 5.32 Å². The monoisotopic (exact) mass is 342 g/mol. The summed E-state index contributed by atoms with van der Waals surface area (Å²) in [4.78, 5) is 11.0. The molecule has 1 heterocycles. The molecule has 0 bridgehead atoms. The van der Waals surface area contributed by atoms with Gasteiger partial charge in [-0.05, 0) is 35.9 Å². The number of amides is 1. The molecule has 1 aliphatic heterocycles. The fourth-order valence-electron chi connectivity index (χ4n) is 2.18. The van der Waals surface area contributed by atoms with E-state index in [-0.39, 0.29) is 17.2 Å². The molecule has 23 heavy (non-hydrogen) atoms. The van der Waals surface area contributed by atoms with Crippen LogP contribution in [0.5, 0.6) is 0 Å². The third-order valence-electron chi connectivity index (χ3n) is 3.29. The minimum atomic E-state index is -4.22. The number of benzene rings is 2. The first-order valence-corrected chi connectivity index (χ1v) is 7.85. The minimum absolute atomic E-state index is 0.0260. The van der Waals surface area contributed by atoms with Gasteiger partial charge in [0.25, 0.3) is 10.0 Å². The smallest absolute Gasteiger partial charge is 0.262 e. The van der Waals surface area contributed by atoms with Crippen LogP contribution in [0, 0.1) is 17.5 Å². The molecule has 0 spiro atoms. The lowest BCUT2D eigenvalue weighted by atomic mass is 10.2. The summed E-state index contributed by atoms with van der Waals surface area (Å²) in [5.74, 6) is -5.10. The maximum absolute atomic E-state index is 13.6. The number of rotatable bonds is 3. The van der Waals surface area contributed by atoms with Gasteiger partial charge in [0.05, 0.1) is 17.0 Å². The highest BCUT2D eigenvalue weighted by molar-refractivity contribution is 7.92. The number of hydrogen-bond acceptors (Lipinski definition) is 3. The van der Waals surface area contributed by atoms with Crippen molar-refractivity contribution in [2.45, 2.75) is 11.3 Å². The van der Waals surface area contributed by atoms with Crippen LogP contribution >= 0.6 is 0 Å². The standard InChI is InChI=1S/C14H9F3N2O3S/c15-9-2-4-11(14(17)13(9)16)19-23(21,22)8-1-3-10-7(5-8)6-12(20)18-10/h1-5,19H,6H2,(H,18,20). The van der Waals surface area contributed by atoms with Crippen LogP contribution in [0.2, 0.25) is 0 Å².